The first kappa shape index (κ1) is 47.0. The average molecular weight is 686 g/mol. The lowest BCUT2D eigenvalue weighted by atomic mass is 10.0. The minimum atomic E-state index is -0.965. The summed E-state index contributed by atoms with van der Waals surface area (Å²) < 4.78 is 0. The van der Waals surface area contributed by atoms with Gasteiger partial charge in [-0.15, -0.1) is 0 Å². The van der Waals surface area contributed by atoms with Gasteiger partial charge in [-0.25, -0.2) is 0 Å². The van der Waals surface area contributed by atoms with Gasteiger partial charge in [-0.3, -0.25) is 4.79 Å². The van der Waals surface area contributed by atoms with E-state index in [1.165, 1.54) is 103 Å². The highest BCUT2D eigenvalue weighted by Crippen LogP contribution is 2.13. The Labute approximate surface area is 303 Å². The summed E-state index contributed by atoms with van der Waals surface area (Å²) in [6, 6.07) is -0.773. The molecule has 0 bridgehead atoms. The zero-order chi connectivity index (χ0) is 35.9. The number of hydrogen-bond donors (Lipinski definition) is 4. The van der Waals surface area contributed by atoms with Crippen molar-refractivity contribution in [1.29, 1.82) is 0 Å². The number of hydrogen-bond acceptors (Lipinski definition) is 4. The van der Waals surface area contributed by atoms with Crippen LogP contribution >= 0.6 is 0 Å². The van der Waals surface area contributed by atoms with Gasteiger partial charge in [0, 0.05) is 0 Å². The molecular formula is C44H79NO4. The van der Waals surface area contributed by atoms with E-state index < -0.39 is 18.2 Å². The van der Waals surface area contributed by atoms with Crippen molar-refractivity contribution in [2.24, 2.45) is 0 Å². The molecule has 0 saturated heterocycles. The molecule has 0 fully saturated rings. The summed E-state index contributed by atoms with van der Waals surface area (Å²) in [5.41, 5.74) is 0. The third-order valence-corrected chi connectivity index (χ3v) is 9.01. The molecule has 0 aromatic carbocycles. The van der Waals surface area contributed by atoms with Crippen LogP contribution in [0.5, 0.6) is 0 Å². The Hall–Kier alpha value is -1.95. The molecule has 3 unspecified atom stereocenters. The van der Waals surface area contributed by atoms with Gasteiger partial charge >= 0.3 is 0 Å². The average Bonchev–Trinajstić information content (AvgIpc) is 3.09. The molecule has 4 N–H and O–H groups in total. The van der Waals surface area contributed by atoms with Crippen molar-refractivity contribution in [3.05, 3.63) is 60.8 Å². The quantitative estimate of drug-likeness (QED) is 0.0390. The topological polar surface area (TPSA) is 89.8 Å². The smallest absolute Gasteiger partial charge is 0.222 e. The van der Waals surface area contributed by atoms with Crippen LogP contribution in [0.25, 0.3) is 0 Å². The number of carbonyl (C=O) groups excluding carboxylic acids is 1. The molecule has 0 aliphatic carbocycles. The summed E-state index contributed by atoms with van der Waals surface area (Å²) in [5.74, 6) is -0.341. The third-order valence-electron chi connectivity index (χ3n) is 9.01. The van der Waals surface area contributed by atoms with Crippen molar-refractivity contribution < 1.29 is 20.1 Å². The first-order chi connectivity index (χ1) is 24.0. The van der Waals surface area contributed by atoms with E-state index in [1.54, 1.807) is 6.08 Å². The standard InChI is InChI=1S/C44H79NO4/c1-3-5-7-9-11-13-15-17-19-20-21-22-24-26-28-30-32-34-36-38-43(48)42(40-46)45-44(49)39-41(47)37-35-33-31-29-27-25-23-18-16-14-12-10-8-6-4-2/h12,14,18,21-23,28,30,36,38,41-43,46-48H,3-11,13,15-17,19-20,24-27,29,31-35,37,39-40H2,1-2H3,(H,45,49)/b14-12-,22-21+,23-18-,30-28+,38-36+. The van der Waals surface area contributed by atoms with Gasteiger partial charge in [0.15, 0.2) is 0 Å². The Morgan fingerprint density at radius 1 is 0.531 bits per heavy atom. The summed E-state index contributed by atoms with van der Waals surface area (Å²) in [6.07, 6.45) is 50.6. The van der Waals surface area contributed by atoms with E-state index in [-0.39, 0.29) is 18.9 Å². The van der Waals surface area contributed by atoms with Gasteiger partial charge in [0.25, 0.3) is 0 Å². The van der Waals surface area contributed by atoms with E-state index >= 15 is 0 Å². The predicted octanol–water partition coefficient (Wildman–Crippen LogP) is 11.5. The molecule has 0 spiro atoms. The SMILES string of the molecule is CCCCC/C=C\C/C=C\CCCCCCCC(O)CC(=O)NC(CO)C(O)/C=C/CC/C=C/CC/C=C/CCCCCCCCCCC. The zero-order valence-electron chi connectivity index (χ0n) is 32.1. The molecule has 5 heteroatoms. The van der Waals surface area contributed by atoms with Crippen LogP contribution in [0.15, 0.2) is 60.8 Å². The number of nitrogens with one attached hydrogen (secondary N) is 1. The molecule has 0 aromatic heterocycles. The maximum Gasteiger partial charge on any atom is 0.222 e. The van der Waals surface area contributed by atoms with Gasteiger partial charge in [0.1, 0.15) is 0 Å². The number of carbonyl (C=O) groups is 1. The van der Waals surface area contributed by atoms with Crippen molar-refractivity contribution in [2.75, 3.05) is 6.61 Å². The fourth-order valence-electron chi connectivity index (χ4n) is 5.81. The molecule has 284 valence electrons. The molecule has 0 rings (SSSR count). The Kier molecular flexibility index (Phi) is 37.3. The number of rotatable bonds is 36. The minimum absolute atomic E-state index is 0.00990. The van der Waals surface area contributed by atoms with Crippen LogP contribution in [0.2, 0.25) is 0 Å². The van der Waals surface area contributed by atoms with Gasteiger partial charge in [-0.2, -0.15) is 0 Å². The van der Waals surface area contributed by atoms with E-state index in [2.05, 4.69) is 67.8 Å². The van der Waals surface area contributed by atoms with Crippen LogP contribution in [0.1, 0.15) is 187 Å². The Morgan fingerprint density at radius 3 is 1.47 bits per heavy atom. The molecule has 5 nitrogen and oxygen atoms in total. The number of aliphatic hydroxyl groups excluding tert-OH is 3. The number of aliphatic hydroxyl groups is 3. The third kappa shape index (κ3) is 35.7. The van der Waals surface area contributed by atoms with Gasteiger partial charge in [0.05, 0.1) is 31.3 Å². The van der Waals surface area contributed by atoms with Crippen LogP contribution in [0, 0.1) is 0 Å². The second-order valence-electron chi connectivity index (χ2n) is 13.9. The summed E-state index contributed by atoms with van der Waals surface area (Å²) in [5, 5.41) is 33.1. The molecule has 3 atom stereocenters. The highest BCUT2D eigenvalue weighted by molar-refractivity contribution is 5.76. The monoisotopic (exact) mass is 686 g/mol. The number of unbranched alkanes of at least 4 members (excludes halogenated alkanes) is 19. The second kappa shape index (κ2) is 38.8. The van der Waals surface area contributed by atoms with Crippen LogP contribution in [0.4, 0.5) is 0 Å². The predicted molar refractivity (Wildman–Crippen MR) is 213 cm³/mol. The molecular weight excluding hydrogens is 606 g/mol. The van der Waals surface area contributed by atoms with Crippen LogP contribution in [-0.2, 0) is 4.79 Å². The lowest BCUT2D eigenvalue weighted by Gasteiger charge is -2.20. The zero-order valence-corrected chi connectivity index (χ0v) is 32.1. The summed E-state index contributed by atoms with van der Waals surface area (Å²) in [6.45, 7) is 4.15. The second-order valence-corrected chi connectivity index (χ2v) is 13.9. The fourth-order valence-corrected chi connectivity index (χ4v) is 5.81. The van der Waals surface area contributed by atoms with E-state index in [0.717, 1.165) is 57.8 Å². The van der Waals surface area contributed by atoms with Gasteiger partial charge < -0.3 is 20.6 Å². The summed E-state index contributed by atoms with van der Waals surface area (Å²) in [4.78, 5) is 12.4. The van der Waals surface area contributed by atoms with Gasteiger partial charge in [-0.1, -0.05) is 164 Å². The van der Waals surface area contributed by atoms with Crippen LogP contribution in [-0.4, -0.2) is 46.1 Å². The Morgan fingerprint density at radius 2 is 0.939 bits per heavy atom. The Balaban J connectivity index is 3.82. The highest BCUT2D eigenvalue weighted by atomic mass is 16.3. The van der Waals surface area contributed by atoms with Crippen molar-refractivity contribution in [1.82, 2.24) is 5.32 Å². The summed E-state index contributed by atoms with van der Waals surface area (Å²) >= 11 is 0. The number of amides is 1. The minimum Gasteiger partial charge on any atom is -0.394 e. The highest BCUT2D eigenvalue weighted by Gasteiger charge is 2.20. The van der Waals surface area contributed by atoms with Crippen molar-refractivity contribution in [3.8, 4) is 0 Å². The molecule has 0 heterocycles. The maximum absolute atomic E-state index is 12.4. The fraction of sp³-hybridized carbons (Fsp3) is 0.750. The van der Waals surface area contributed by atoms with Gasteiger partial charge in [0.2, 0.25) is 5.91 Å². The van der Waals surface area contributed by atoms with E-state index in [1.807, 2.05) is 6.08 Å². The van der Waals surface area contributed by atoms with Crippen molar-refractivity contribution in [2.45, 2.75) is 205 Å². The summed E-state index contributed by atoms with van der Waals surface area (Å²) in [7, 11) is 0. The van der Waals surface area contributed by atoms with E-state index in [4.69, 9.17) is 0 Å². The maximum atomic E-state index is 12.4. The molecule has 0 saturated carbocycles. The van der Waals surface area contributed by atoms with Crippen molar-refractivity contribution >= 4 is 5.91 Å². The largest absolute Gasteiger partial charge is 0.394 e. The van der Waals surface area contributed by atoms with E-state index in [9.17, 15) is 20.1 Å². The normalized spacial score (nSPS) is 14.3. The van der Waals surface area contributed by atoms with Crippen LogP contribution < -0.4 is 5.32 Å². The lowest BCUT2D eigenvalue weighted by Crippen LogP contribution is -2.45. The Bertz CT molecular complexity index is 846. The molecule has 0 aromatic rings. The molecule has 0 aliphatic rings. The van der Waals surface area contributed by atoms with Crippen molar-refractivity contribution in [3.63, 3.8) is 0 Å². The first-order valence-corrected chi connectivity index (χ1v) is 20.6. The van der Waals surface area contributed by atoms with E-state index in [0.29, 0.717) is 6.42 Å². The lowest BCUT2D eigenvalue weighted by molar-refractivity contribution is -0.124. The number of allylic oxidation sites excluding steroid dienone is 9. The molecule has 1 amide bonds. The molecule has 49 heavy (non-hydrogen) atoms. The first-order valence-electron chi connectivity index (χ1n) is 20.6. The molecule has 0 aliphatic heterocycles. The van der Waals surface area contributed by atoms with Crippen LogP contribution in [0.3, 0.4) is 0 Å². The van der Waals surface area contributed by atoms with Gasteiger partial charge in [-0.05, 0) is 77.0 Å². The molecule has 0 radical (unpaired) electrons.